The predicted octanol–water partition coefficient (Wildman–Crippen LogP) is 2.96. The second-order valence-corrected chi connectivity index (χ2v) is 4.12. The molecule has 1 aromatic rings. The minimum Gasteiger partial charge on any atom is -0.449 e. The molecule has 0 unspecified atom stereocenters. The summed E-state index contributed by atoms with van der Waals surface area (Å²) in [6, 6.07) is 2.84. The lowest BCUT2D eigenvalue weighted by atomic mass is 10.0. The van der Waals surface area contributed by atoms with E-state index in [-0.39, 0.29) is 12.4 Å². The fraction of sp³-hybridized carbons (Fsp3) is 0.364. The van der Waals surface area contributed by atoms with Gasteiger partial charge in [0.15, 0.2) is 0 Å². The van der Waals surface area contributed by atoms with Crippen molar-refractivity contribution in [1.82, 2.24) is 5.32 Å². The number of hydrogen-bond donors (Lipinski definition) is 1. The number of halogens is 2. The van der Waals surface area contributed by atoms with Crippen LogP contribution in [0.5, 0.6) is 0 Å². The van der Waals surface area contributed by atoms with E-state index in [9.17, 15) is 9.18 Å². The van der Waals surface area contributed by atoms with E-state index < -0.39 is 12.1 Å². The van der Waals surface area contributed by atoms with Crippen molar-refractivity contribution >= 4 is 17.7 Å². The Bertz CT molecular complexity index is 436. The molecule has 1 heterocycles. The number of hydrogen-bond acceptors (Lipinski definition) is 2. The molecule has 1 atom stereocenters. The maximum absolute atomic E-state index is 13.9. The smallest absolute Gasteiger partial charge is 0.407 e. The molecule has 3 nitrogen and oxygen atoms in total. The van der Waals surface area contributed by atoms with Crippen LogP contribution in [-0.4, -0.2) is 12.7 Å². The Balaban J connectivity index is 2.39. The van der Waals surface area contributed by atoms with Gasteiger partial charge >= 0.3 is 6.09 Å². The number of alkyl carbamates (subject to hydrolysis) is 1. The van der Waals surface area contributed by atoms with Gasteiger partial charge in [-0.05, 0) is 18.6 Å². The van der Waals surface area contributed by atoms with Crippen molar-refractivity contribution in [3.8, 4) is 0 Å². The lowest BCUT2D eigenvalue weighted by molar-refractivity contribution is 0.115. The Morgan fingerprint density at radius 1 is 1.56 bits per heavy atom. The molecule has 0 spiro atoms. The fourth-order valence-electron chi connectivity index (χ4n) is 1.74. The van der Waals surface area contributed by atoms with Crippen molar-refractivity contribution in [2.45, 2.75) is 19.4 Å². The summed E-state index contributed by atoms with van der Waals surface area (Å²) < 4.78 is 18.6. The molecule has 1 amide bonds. The third-order valence-electron chi connectivity index (χ3n) is 2.60. The zero-order valence-corrected chi connectivity index (χ0v) is 9.47. The molecular formula is C11H11ClFNO2. The number of carbonyl (C=O) groups excluding carboxylic acids is 1. The van der Waals surface area contributed by atoms with Gasteiger partial charge in [-0.2, -0.15) is 0 Å². The summed E-state index contributed by atoms with van der Waals surface area (Å²) in [5.41, 5.74) is 0.860. The quantitative estimate of drug-likeness (QED) is 0.824. The van der Waals surface area contributed by atoms with Gasteiger partial charge in [-0.1, -0.05) is 17.7 Å². The minimum absolute atomic E-state index is 0.278. The second-order valence-electron chi connectivity index (χ2n) is 3.71. The highest BCUT2D eigenvalue weighted by molar-refractivity contribution is 6.31. The number of amides is 1. The lowest BCUT2D eigenvalue weighted by Gasteiger charge is -2.25. The van der Waals surface area contributed by atoms with Crippen LogP contribution < -0.4 is 5.32 Å². The van der Waals surface area contributed by atoms with Gasteiger partial charge in [0.25, 0.3) is 0 Å². The van der Waals surface area contributed by atoms with E-state index in [1.54, 1.807) is 19.1 Å². The number of aryl methyl sites for hydroxylation is 1. The van der Waals surface area contributed by atoms with Crippen LogP contribution in [0.2, 0.25) is 5.02 Å². The van der Waals surface area contributed by atoms with E-state index in [1.165, 1.54) is 0 Å². The SMILES string of the molecule is Cc1ccc(Cl)c([C@H]2CCOC(=O)N2)c1F. The number of nitrogens with one attached hydrogen (secondary N) is 1. The first-order valence-electron chi connectivity index (χ1n) is 4.97. The number of benzene rings is 1. The van der Waals surface area contributed by atoms with Gasteiger partial charge in [0, 0.05) is 17.0 Å². The average molecular weight is 244 g/mol. The summed E-state index contributed by atoms with van der Waals surface area (Å²) in [4.78, 5) is 11.1. The molecular weight excluding hydrogens is 233 g/mol. The summed E-state index contributed by atoms with van der Waals surface area (Å²) >= 11 is 5.95. The molecule has 0 radical (unpaired) electrons. The van der Waals surface area contributed by atoms with Crippen LogP contribution in [0.4, 0.5) is 9.18 Å². The van der Waals surface area contributed by atoms with Crippen molar-refractivity contribution in [1.29, 1.82) is 0 Å². The van der Waals surface area contributed by atoms with Crippen LogP contribution in [-0.2, 0) is 4.74 Å². The highest BCUT2D eigenvalue weighted by atomic mass is 35.5. The summed E-state index contributed by atoms with van der Waals surface area (Å²) in [6.07, 6.45) is -0.0144. The molecule has 0 aliphatic carbocycles. The minimum atomic E-state index is -0.534. The van der Waals surface area contributed by atoms with E-state index in [0.717, 1.165) is 0 Å². The normalized spacial score (nSPS) is 20.2. The van der Waals surface area contributed by atoms with Crippen LogP contribution in [0, 0.1) is 12.7 Å². The Labute approximate surface area is 97.5 Å². The molecule has 1 aliphatic rings. The van der Waals surface area contributed by atoms with Crippen molar-refractivity contribution in [3.05, 3.63) is 34.1 Å². The molecule has 0 aromatic heterocycles. The van der Waals surface area contributed by atoms with Gasteiger partial charge in [0.05, 0.1) is 12.6 Å². The van der Waals surface area contributed by atoms with Gasteiger partial charge in [-0.15, -0.1) is 0 Å². The highest BCUT2D eigenvalue weighted by Crippen LogP contribution is 2.31. The Morgan fingerprint density at radius 2 is 2.31 bits per heavy atom. The number of cyclic esters (lactones) is 1. The third kappa shape index (κ3) is 1.97. The van der Waals surface area contributed by atoms with Gasteiger partial charge in [-0.3, -0.25) is 0 Å². The molecule has 1 saturated heterocycles. The molecule has 1 aliphatic heterocycles. The monoisotopic (exact) mass is 243 g/mol. The highest BCUT2D eigenvalue weighted by Gasteiger charge is 2.26. The van der Waals surface area contributed by atoms with E-state index >= 15 is 0 Å². The third-order valence-corrected chi connectivity index (χ3v) is 2.93. The standard InChI is InChI=1S/C11H11ClFNO2/c1-6-2-3-7(12)9(10(6)13)8-4-5-16-11(15)14-8/h2-3,8H,4-5H2,1H3,(H,14,15)/t8-/m1/s1. The predicted molar refractivity (Wildman–Crippen MR) is 58.0 cm³/mol. The zero-order chi connectivity index (χ0) is 11.7. The molecule has 0 saturated carbocycles. The molecule has 2 rings (SSSR count). The first kappa shape index (κ1) is 11.2. The number of carbonyl (C=O) groups is 1. The molecule has 1 aromatic carbocycles. The van der Waals surface area contributed by atoms with Gasteiger partial charge in [-0.25, -0.2) is 9.18 Å². The number of ether oxygens (including phenoxy) is 1. The Hall–Kier alpha value is -1.29. The average Bonchev–Trinajstić information content (AvgIpc) is 2.24. The van der Waals surface area contributed by atoms with Crippen molar-refractivity contribution in [3.63, 3.8) is 0 Å². The second kappa shape index (κ2) is 4.29. The van der Waals surface area contributed by atoms with Gasteiger partial charge < -0.3 is 10.1 Å². The molecule has 86 valence electrons. The molecule has 16 heavy (non-hydrogen) atoms. The largest absolute Gasteiger partial charge is 0.449 e. The Morgan fingerprint density at radius 3 is 3.00 bits per heavy atom. The van der Waals surface area contributed by atoms with Crippen LogP contribution in [0.3, 0.4) is 0 Å². The summed E-state index contributed by atoms with van der Waals surface area (Å²) in [5, 5.41) is 2.88. The van der Waals surface area contributed by atoms with E-state index in [1.807, 2.05) is 0 Å². The van der Waals surface area contributed by atoms with Gasteiger partial charge in [0.2, 0.25) is 0 Å². The zero-order valence-electron chi connectivity index (χ0n) is 8.72. The van der Waals surface area contributed by atoms with Crippen LogP contribution in [0.1, 0.15) is 23.6 Å². The first-order valence-corrected chi connectivity index (χ1v) is 5.35. The van der Waals surface area contributed by atoms with Crippen molar-refractivity contribution < 1.29 is 13.9 Å². The van der Waals surface area contributed by atoms with Crippen LogP contribution in [0.25, 0.3) is 0 Å². The first-order chi connectivity index (χ1) is 7.59. The summed E-state index contributed by atoms with van der Waals surface area (Å²) in [5.74, 6) is -0.361. The molecule has 0 bridgehead atoms. The van der Waals surface area contributed by atoms with Crippen LogP contribution >= 0.6 is 11.6 Å². The summed E-state index contributed by atoms with van der Waals surface area (Å²) in [7, 11) is 0. The van der Waals surface area contributed by atoms with E-state index in [2.05, 4.69) is 5.32 Å². The number of rotatable bonds is 1. The van der Waals surface area contributed by atoms with E-state index in [4.69, 9.17) is 16.3 Å². The molecule has 1 fully saturated rings. The van der Waals surface area contributed by atoms with Crippen molar-refractivity contribution in [2.75, 3.05) is 6.61 Å². The topological polar surface area (TPSA) is 38.3 Å². The Kier molecular flexibility index (Phi) is 3.01. The maximum Gasteiger partial charge on any atom is 0.407 e. The maximum atomic E-state index is 13.9. The fourth-order valence-corrected chi connectivity index (χ4v) is 2.02. The van der Waals surface area contributed by atoms with Gasteiger partial charge in [0.1, 0.15) is 5.82 Å². The van der Waals surface area contributed by atoms with E-state index in [0.29, 0.717) is 22.6 Å². The van der Waals surface area contributed by atoms with Crippen LogP contribution in [0.15, 0.2) is 12.1 Å². The molecule has 1 N–H and O–H groups in total. The van der Waals surface area contributed by atoms with Crippen molar-refractivity contribution in [2.24, 2.45) is 0 Å². The summed E-state index contributed by atoms with van der Waals surface area (Å²) in [6.45, 7) is 1.94. The lowest BCUT2D eigenvalue weighted by Crippen LogP contribution is -2.36. The molecule has 5 heteroatoms.